The molecule has 2 amide bonds. The number of carbonyl (C=O) groups is 2. The summed E-state index contributed by atoms with van der Waals surface area (Å²) in [6.07, 6.45) is 8.39. The fourth-order valence-corrected chi connectivity index (χ4v) is 3.57. The van der Waals surface area contributed by atoms with E-state index in [1.165, 1.54) is 36.3 Å². The lowest BCUT2D eigenvalue weighted by atomic mass is 9.81. The quantitative estimate of drug-likeness (QED) is 0.634. The van der Waals surface area contributed by atoms with Gasteiger partial charge < -0.3 is 4.90 Å². The minimum atomic E-state index is -0.123. The van der Waals surface area contributed by atoms with Crippen LogP contribution in [0.5, 0.6) is 0 Å². The van der Waals surface area contributed by atoms with Crippen molar-refractivity contribution in [3.05, 3.63) is 12.2 Å². The molecule has 3 rings (SSSR count). The minimum absolute atomic E-state index is 0.122. The molecule has 0 spiro atoms. The fourth-order valence-electron chi connectivity index (χ4n) is 3.57. The zero-order chi connectivity index (χ0) is 12.0. The number of carbonyl (C=O) groups excluding carboxylic acids is 2. The van der Waals surface area contributed by atoms with Crippen LogP contribution < -0.4 is 0 Å². The predicted octanol–water partition coefficient (Wildman–Crippen LogP) is 0.927. The van der Waals surface area contributed by atoms with Gasteiger partial charge in [-0.2, -0.15) is 0 Å². The van der Waals surface area contributed by atoms with Crippen molar-refractivity contribution in [2.24, 2.45) is 0 Å². The van der Waals surface area contributed by atoms with Gasteiger partial charge in [0.05, 0.1) is 0 Å². The number of hydrogen-bond donors (Lipinski definition) is 0. The summed E-state index contributed by atoms with van der Waals surface area (Å²) >= 11 is 0. The highest BCUT2D eigenvalue weighted by Crippen LogP contribution is 2.35. The average Bonchev–Trinajstić information content (AvgIpc) is 2.59. The number of rotatable bonds is 1. The van der Waals surface area contributed by atoms with Gasteiger partial charge in [0.1, 0.15) is 0 Å². The Kier molecular flexibility index (Phi) is 2.54. The van der Waals surface area contributed by atoms with Crippen LogP contribution in [0.2, 0.25) is 0 Å². The molecule has 0 N–H and O–H groups in total. The molecule has 2 bridgehead atoms. The number of piperidine rings is 2. The second-order valence-corrected chi connectivity index (χ2v) is 5.41. The second-order valence-electron chi connectivity index (χ2n) is 5.41. The Hall–Kier alpha value is -1.16. The van der Waals surface area contributed by atoms with Gasteiger partial charge in [-0.05, 0) is 32.7 Å². The summed E-state index contributed by atoms with van der Waals surface area (Å²) in [6.45, 7) is 0. The topological polar surface area (TPSA) is 40.6 Å². The third kappa shape index (κ3) is 1.71. The molecule has 2 saturated heterocycles. The van der Waals surface area contributed by atoms with E-state index in [2.05, 4.69) is 11.9 Å². The van der Waals surface area contributed by atoms with E-state index in [1.807, 2.05) is 0 Å². The molecule has 0 saturated carbocycles. The molecule has 4 nitrogen and oxygen atoms in total. The van der Waals surface area contributed by atoms with Crippen LogP contribution in [-0.2, 0) is 9.59 Å². The SMILES string of the molecule is CN1C2CCCC1CC(N1C(=O)C=CC1=O)C2. The summed E-state index contributed by atoms with van der Waals surface area (Å²) in [4.78, 5) is 27.3. The van der Waals surface area contributed by atoms with Crippen LogP contribution >= 0.6 is 0 Å². The Morgan fingerprint density at radius 2 is 1.53 bits per heavy atom. The summed E-state index contributed by atoms with van der Waals surface area (Å²) in [5.41, 5.74) is 0. The van der Waals surface area contributed by atoms with Crippen LogP contribution in [-0.4, -0.2) is 46.8 Å². The highest BCUT2D eigenvalue weighted by atomic mass is 16.2. The van der Waals surface area contributed by atoms with Crippen molar-refractivity contribution in [1.29, 1.82) is 0 Å². The molecule has 2 fully saturated rings. The first-order valence-corrected chi connectivity index (χ1v) is 6.44. The third-order valence-corrected chi connectivity index (χ3v) is 4.52. The zero-order valence-electron chi connectivity index (χ0n) is 10.1. The van der Waals surface area contributed by atoms with Crippen molar-refractivity contribution in [2.45, 2.75) is 50.2 Å². The van der Waals surface area contributed by atoms with Crippen molar-refractivity contribution in [2.75, 3.05) is 7.05 Å². The normalized spacial score (nSPS) is 37.9. The molecule has 0 aromatic rings. The molecular weight excluding hydrogens is 216 g/mol. The highest BCUT2D eigenvalue weighted by Gasteiger charge is 2.41. The molecule has 0 aliphatic carbocycles. The van der Waals surface area contributed by atoms with Gasteiger partial charge in [-0.1, -0.05) is 6.42 Å². The van der Waals surface area contributed by atoms with Gasteiger partial charge >= 0.3 is 0 Å². The van der Waals surface area contributed by atoms with Gasteiger partial charge in [-0.15, -0.1) is 0 Å². The van der Waals surface area contributed by atoms with Gasteiger partial charge in [-0.25, -0.2) is 0 Å². The summed E-state index contributed by atoms with van der Waals surface area (Å²) in [5, 5.41) is 0. The molecular formula is C13H18N2O2. The Balaban J connectivity index is 1.78. The van der Waals surface area contributed by atoms with Crippen LogP contribution in [0.25, 0.3) is 0 Å². The molecule has 3 aliphatic rings. The first kappa shape index (κ1) is 11.0. The zero-order valence-corrected chi connectivity index (χ0v) is 10.1. The molecule has 2 unspecified atom stereocenters. The van der Waals surface area contributed by atoms with Gasteiger partial charge in [0.15, 0.2) is 0 Å². The Bertz CT molecular complexity index is 359. The average molecular weight is 234 g/mol. The predicted molar refractivity (Wildman–Crippen MR) is 63.2 cm³/mol. The van der Waals surface area contributed by atoms with Crippen LogP contribution in [0.4, 0.5) is 0 Å². The maximum atomic E-state index is 11.7. The van der Waals surface area contributed by atoms with E-state index in [4.69, 9.17) is 0 Å². The first-order chi connectivity index (χ1) is 8.16. The van der Waals surface area contributed by atoms with Crippen LogP contribution in [0.15, 0.2) is 12.2 Å². The van der Waals surface area contributed by atoms with Gasteiger partial charge in [0, 0.05) is 30.3 Å². The second kappa shape index (κ2) is 3.95. The van der Waals surface area contributed by atoms with E-state index in [9.17, 15) is 9.59 Å². The van der Waals surface area contributed by atoms with E-state index < -0.39 is 0 Å². The minimum Gasteiger partial charge on any atom is -0.300 e. The molecule has 17 heavy (non-hydrogen) atoms. The van der Waals surface area contributed by atoms with Gasteiger partial charge in [-0.3, -0.25) is 14.5 Å². The maximum Gasteiger partial charge on any atom is 0.253 e. The Labute approximate surface area is 101 Å². The number of hydrogen-bond acceptors (Lipinski definition) is 3. The highest BCUT2D eigenvalue weighted by molar-refractivity contribution is 6.13. The van der Waals surface area contributed by atoms with E-state index >= 15 is 0 Å². The third-order valence-electron chi connectivity index (χ3n) is 4.52. The molecule has 2 atom stereocenters. The van der Waals surface area contributed by atoms with E-state index in [0.29, 0.717) is 12.1 Å². The lowest BCUT2D eigenvalue weighted by molar-refractivity contribution is -0.142. The summed E-state index contributed by atoms with van der Waals surface area (Å²) in [6, 6.07) is 1.22. The van der Waals surface area contributed by atoms with Crippen molar-refractivity contribution in [3.8, 4) is 0 Å². The molecule has 0 aromatic carbocycles. The summed E-state index contributed by atoms with van der Waals surface area (Å²) in [5.74, 6) is -0.245. The first-order valence-electron chi connectivity index (χ1n) is 6.44. The molecule has 3 aliphatic heterocycles. The van der Waals surface area contributed by atoms with Crippen molar-refractivity contribution >= 4 is 11.8 Å². The van der Waals surface area contributed by atoms with Crippen molar-refractivity contribution in [1.82, 2.24) is 9.80 Å². The molecule has 3 heterocycles. The van der Waals surface area contributed by atoms with E-state index in [-0.39, 0.29) is 17.9 Å². The largest absolute Gasteiger partial charge is 0.300 e. The molecule has 92 valence electrons. The Morgan fingerprint density at radius 1 is 1.00 bits per heavy atom. The Morgan fingerprint density at radius 3 is 2.06 bits per heavy atom. The number of amides is 2. The van der Waals surface area contributed by atoms with Crippen molar-refractivity contribution < 1.29 is 9.59 Å². The van der Waals surface area contributed by atoms with Crippen LogP contribution in [0.3, 0.4) is 0 Å². The number of imide groups is 1. The molecule has 4 heteroatoms. The monoisotopic (exact) mass is 234 g/mol. The molecule has 0 aromatic heterocycles. The fraction of sp³-hybridized carbons (Fsp3) is 0.692. The maximum absolute atomic E-state index is 11.7. The summed E-state index contributed by atoms with van der Waals surface area (Å²) < 4.78 is 0. The standard InChI is InChI=1S/C13H18N2O2/c1-14-9-3-2-4-10(14)8-11(7-9)15-12(16)5-6-13(15)17/h5-6,9-11H,2-4,7-8H2,1H3. The van der Waals surface area contributed by atoms with Crippen LogP contribution in [0, 0.1) is 0 Å². The van der Waals surface area contributed by atoms with E-state index in [0.717, 1.165) is 12.8 Å². The number of fused-ring (bicyclic) bond motifs is 2. The van der Waals surface area contributed by atoms with Crippen molar-refractivity contribution in [3.63, 3.8) is 0 Å². The molecule has 0 radical (unpaired) electrons. The van der Waals surface area contributed by atoms with Crippen LogP contribution in [0.1, 0.15) is 32.1 Å². The summed E-state index contributed by atoms with van der Waals surface area (Å²) in [7, 11) is 2.18. The lowest BCUT2D eigenvalue weighted by Crippen LogP contribution is -2.56. The number of nitrogens with zero attached hydrogens (tertiary/aromatic N) is 2. The smallest absolute Gasteiger partial charge is 0.253 e. The lowest BCUT2D eigenvalue weighted by Gasteiger charge is -2.48. The van der Waals surface area contributed by atoms with Gasteiger partial charge in [0.25, 0.3) is 11.8 Å². The van der Waals surface area contributed by atoms with Gasteiger partial charge in [0.2, 0.25) is 0 Å². The van der Waals surface area contributed by atoms with E-state index in [1.54, 1.807) is 0 Å².